The van der Waals surface area contributed by atoms with Gasteiger partial charge in [-0.2, -0.15) is 4.99 Å². The summed E-state index contributed by atoms with van der Waals surface area (Å²) in [6, 6.07) is 11.6. The number of hydrogen-bond donors (Lipinski definition) is 0. The second kappa shape index (κ2) is 7.24. The molecule has 0 fully saturated rings. The van der Waals surface area contributed by atoms with E-state index in [9.17, 15) is 9.18 Å². The number of rotatable bonds is 4. The molecule has 0 bridgehead atoms. The number of carbonyl (C=O) groups is 1. The van der Waals surface area contributed by atoms with E-state index in [0.29, 0.717) is 34.2 Å². The number of nitrogens with zero attached hydrogens (tertiary/aromatic N) is 3. The molecular weight excluding hydrogens is 317 g/mol. The number of anilines is 2. The molecule has 0 atom stereocenters. The van der Waals surface area contributed by atoms with Crippen molar-refractivity contribution in [1.29, 1.82) is 0 Å². The SMILES string of the molecule is CN(C)/C(=N/C=O)c1ccc(Cl)cc1N(C)c1ccccc1F. The molecule has 0 aliphatic carbocycles. The first-order valence-electron chi connectivity index (χ1n) is 6.92. The fraction of sp³-hybridized carbons (Fsp3) is 0.176. The monoisotopic (exact) mass is 333 g/mol. The van der Waals surface area contributed by atoms with Crippen LogP contribution in [0.15, 0.2) is 47.5 Å². The lowest BCUT2D eigenvalue weighted by atomic mass is 10.1. The number of hydrogen-bond acceptors (Lipinski definition) is 2. The molecule has 23 heavy (non-hydrogen) atoms. The lowest BCUT2D eigenvalue weighted by Crippen LogP contribution is -2.26. The van der Waals surface area contributed by atoms with Crippen LogP contribution in [0.2, 0.25) is 5.02 Å². The van der Waals surface area contributed by atoms with Gasteiger partial charge in [-0.1, -0.05) is 23.7 Å². The van der Waals surface area contributed by atoms with Crippen molar-refractivity contribution in [2.45, 2.75) is 0 Å². The van der Waals surface area contributed by atoms with Gasteiger partial charge < -0.3 is 9.80 Å². The van der Waals surface area contributed by atoms with E-state index in [1.807, 2.05) is 0 Å². The van der Waals surface area contributed by atoms with Crippen molar-refractivity contribution in [3.8, 4) is 0 Å². The number of para-hydroxylation sites is 1. The Morgan fingerprint density at radius 3 is 2.43 bits per heavy atom. The van der Waals surface area contributed by atoms with E-state index >= 15 is 0 Å². The van der Waals surface area contributed by atoms with E-state index in [1.54, 1.807) is 67.3 Å². The van der Waals surface area contributed by atoms with E-state index in [4.69, 9.17) is 11.6 Å². The number of aliphatic imine (C=N–C) groups is 1. The van der Waals surface area contributed by atoms with Gasteiger partial charge >= 0.3 is 0 Å². The van der Waals surface area contributed by atoms with Crippen molar-refractivity contribution in [2.24, 2.45) is 4.99 Å². The van der Waals surface area contributed by atoms with Gasteiger partial charge in [0.05, 0.1) is 11.4 Å². The van der Waals surface area contributed by atoms with Gasteiger partial charge in [-0.3, -0.25) is 4.79 Å². The zero-order chi connectivity index (χ0) is 17.0. The Morgan fingerprint density at radius 1 is 1.13 bits per heavy atom. The summed E-state index contributed by atoms with van der Waals surface area (Å²) < 4.78 is 14.1. The van der Waals surface area contributed by atoms with Crippen molar-refractivity contribution in [2.75, 3.05) is 26.0 Å². The standard InChI is InChI=1S/C17H17ClFN3O/c1-21(2)17(20-11-23)13-9-8-12(18)10-16(13)22(3)15-7-5-4-6-14(15)19/h4-11H,1-3H3/b20-17+. The second-order valence-electron chi connectivity index (χ2n) is 5.12. The molecule has 6 heteroatoms. The molecule has 0 aliphatic rings. The zero-order valence-corrected chi connectivity index (χ0v) is 13.9. The molecule has 4 nitrogen and oxygen atoms in total. The smallest absolute Gasteiger partial charge is 0.234 e. The highest BCUT2D eigenvalue weighted by molar-refractivity contribution is 6.31. The molecule has 2 aromatic rings. The minimum absolute atomic E-state index is 0.348. The van der Waals surface area contributed by atoms with Gasteiger partial charge in [0, 0.05) is 31.7 Å². The van der Waals surface area contributed by atoms with E-state index in [0.717, 1.165) is 0 Å². The zero-order valence-electron chi connectivity index (χ0n) is 13.1. The van der Waals surface area contributed by atoms with Gasteiger partial charge in [0.15, 0.2) is 0 Å². The van der Waals surface area contributed by atoms with Gasteiger partial charge in [-0.15, -0.1) is 0 Å². The fourth-order valence-electron chi connectivity index (χ4n) is 2.30. The van der Waals surface area contributed by atoms with Crippen molar-refractivity contribution >= 4 is 35.2 Å². The molecule has 2 rings (SSSR count). The number of benzene rings is 2. The van der Waals surface area contributed by atoms with Crippen LogP contribution < -0.4 is 4.90 Å². The third kappa shape index (κ3) is 3.68. The predicted octanol–water partition coefficient (Wildman–Crippen LogP) is 3.71. The van der Waals surface area contributed by atoms with Crippen LogP contribution in [-0.2, 0) is 4.79 Å². The third-order valence-electron chi connectivity index (χ3n) is 3.37. The molecule has 1 amide bonds. The minimum Gasteiger partial charge on any atom is -0.362 e. The minimum atomic E-state index is -0.348. The molecular formula is C17H17ClFN3O. The fourth-order valence-corrected chi connectivity index (χ4v) is 2.47. The molecule has 0 saturated carbocycles. The van der Waals surface area contributed by atoms with Crippen molar-refractivity contribution < 1.29 is 9.18 Å². The summed E-state index contributed by atoms with van der Waals surface area (Å²) in [5.41, 5.74) is 1.73. The highest BCUT2D eigenvalue weighted by atomic mass is 35.5. The molecule has 0 N–H and O–H groups in total. The molecule has 0 radical (unpaired) electrons. The van der Waals surface area contributed by atoms with E-state index < -0.39 is 0 Å². The van der Waals surface area contributed by atoms with Crippen molar-refractivity contribution in [1.82, 2.24) is 4.90 Å². The van der Waals surface area contributed by atoms with Crippen LogP contribution in [-0.4, -0.2) is 38.3 Å². The Hall–Kier alpha value is -2.40. The third-order valence-corrected chi connectivity index (χ3v) is 3.61. The molecule has 0 unspecified atom stereocenters. The summed E-state index contributed by atoms with van der Waals surface area (Å²) in [5, 5.41) is 0.510. The van der Waals surface area contributed by atoms with Gasteiger partial charge in [0.25, 0.3) is 0 Å². The summed E-state index contributed by atoms with van der Waals surface area (Å²) in [6.07, 6.45) is 0.483. The topological polar surface area (TPSA) is 35.9 Å². The first kappa shape index (κ1) is 17.0. The highest BCUT2D eigenvalue weighted by Gasteiger charge is 2.18. The summed E-state index contributed by atoms with van der Waals surface area (Å²) in [4.78, 5) is 18.1. The van der Waals surface area contributed by atoms with Crippen LogP contribution in [0, 0.1) is 5.82 Å². The molecule has 0 aromatic heterocycles. The predicted molar refractivity (Wildman–Crippen MR) is 92.2 cm³/mol. The average molecular weight is 334 g/mol. The van der Waals surface area contributed by atoms with E-state index in [2.05, 4.69) is 4.99 Å². The van der Waals surface area contributed by atoms with Crippen LogP contribution in [0.1, 0.15) is 5.56 Å². The van der Waals surface area contributed by atoms with Crippen LogP contribution in [0.4, 0.5) is 15.8 Å². The van der Waals surface area contributed by atoms with E-state index in [-0.39, 0.29) is 5.82 Å². The Balaban J connectivity index is 2.62. The maximum Gasteiger partial charge on any atom is 0.234 e. The summed E-state index contributed by atoms with van der Waals surface area (Å²) >= 11 is 6.11. The molecule has 0 spiro atoms. The van der Waals surface area contributed by atoms with Crippen LogP contribution in [0.25, 0.3) is 0 Å². The maximum atomic E-state index is 14.1. The lowest BCUT2D eigenvalue weighted by molar-refractivity contribution is -0.106. The van der Waals surface area contributed by atoms with Crippen LogP contribution >= 0.6 is 11.6 Å². The van der Waals surface area contributed by atoms with E-state index in [1.165, 1.54) is 6.07 Å². The molecule has 120 valence electrons. The summed E-state index contributed by atoms with van der Waals surface area (Å²) in [5.74, 6) is 0.120. The molecule has 2 aromatic carbocycles. The second-order valence-corrected chi connectivity index (χ2v) is 5.56. The first-order chi connectivity index (χ1) is 11.0. The quantitative estimate of drug-likeness (QED) is 0.486. The molecule has 0 aliphatic heterocycles. The van der Waals surface area contributed by atoms with Crippen molar-refractivity contribution in [3.05, 3.63) is 58.9 Å². The lowest BCUT2D eigenvalue weighted by Gasteiger charge is -2.25. The summed E-state index contributed by atoms with van der Waals surface area (Å²) in [6.45, 7) is 0. The summed E-state index contributed by atoms with van der Waals surface area (Å²) in [7, 11) is 5.30. The number of carbonyl (C=O) groups excluding carboxylic acids is 1. The number of halogens is 2. The Bertz CT molecular complexity index is 746. The molecule has 0 saturated heterocycles. The average Bonchev–Trinajstić information content (AvgIpc) is 2.52. The van der Waals surface area contributed by atoms with Gasteiger partial charge in [-0.25, -0.2) is 4.39 Å². The van der Waals surface area contributed by atoms with Gasteiger partial charge in [-0.05, 0) is 30.3 Å². The van der Waals surface area contributed by atoms with Gasteiger partial charge in [0.2, 0.25) is 6.41 Å². The van der Waals surface area contributed by atoms with Crippen LogP contribution in [0.5, 0.6) is 0 Å². The van der Waals surface area contributed by atoms with Crippen molar-refractivity contribution in [3.63, 3.8) is 0 Å². The normalized spacial score (nSPS) is 11.3. The van der Waals surface area contributed by atoms with Crippen LogP contribution in [0.3, 0.4) is 0 Å². The van der Waals surface area contributed by atoms with Gasteiger partial charge in [0.1, 0.15) is 11.7 Å². The highest BCUT2D eigenvalue weighted by Crippen LogP contribution is 2.32. The first-order valence-corrected chi connectivity index (χ1v) is 7.30. The Morgan fingerprint density at radius 2 is 1.83 bits per heavy atom. The Kier molecular flexibility index (Phi) is 5.34. The number of amidine groups is 1. The number of amides is 1. The maximum absolute atomic E-state index is 14.1. The largest absolute Gasteiger partial charge is 0.362 e. The molecule has 0 heterocycles. The Labute approximate surface area is 139 Å².